The van der Waals surface area contributed by atoms with Crippen molar-refractivity contribution >= 4 is 22.9 Å². The van der Waals surface area contributed by atoms with Crippen molar-refractivity contribution in [3.8, 4) is 5.75 Å². The van der Waals surface area contributed by atoms with Gasteiger partial charge < -0.3 is 19.6 Å². The van der Waals surface area contributed by atoms with Crippen molar-refractivity contribution < 1.29 is 14.6 Å². The van der Waals surface area contributed by atoms with Crippen molar-refractivity contribution in [3.05, 3.63) is 28.2 Å². The van der Waals surface area contributed by atoms with E-state index in [2.05, 4.69) is 9.88 Å². The Morgan fingerprint density at radius 3 is 2.56 bits per heavy atom. The molecule has 2 aromatic heterocycles. The summed E-state index contributed by atoms with van der Waals surface area (Å²) >= 11 is 0. The van der Waals surface area contributed by atoms with Gasteiger partial charge in [0, 0.05) is 43.8 Å². The number of nitrogens with zero attached hydrogens (tertiary/aromatic N) is 4. The third kappa shape index (κ3) is 3.17. The number of piperazine rings is 1. The topological polar surface area (TPSA) is 87.9 Å². The lowest BCUT2D eigenvalue weighted by atomic mass is 10.1. The zero-order valence-corrected chi connectivity index (χ0v) is 14.7. The minimum Gasteiger partial charge on any atom is -0.449 e. The fraction of sp³-hybridized carbons (Fsp3) is 0.471. The van der Waals surface area contributed by atoms with Crippen LogP contribution in [0.2, 0.25) is 0 Å². The maximum absolute atomic E-state index is 12.9. The Bertz CT molecular complexity index is 869. The zero-order valence-electron chi connectivity index (χ0n) is 14.7. The van der Waals surface area contributed by atoms with Gasteiger partial charge in [0.05, 0.1) is 5.69 Å². The van der Waals surface area contributed by atoms with Crippen LogP contribution in [-0.2, 0) is 6.54 Å². The number of aryl methyl sites for hydroxylation is 2. The second kappa shape index (κ2) is 6.72. The molecule has 3 heterocycles. The minimum atomic E-state index is -1.49. The number of pyridine rings is 2. The summed E-state index contributed by atoms with van der Waals surface area (Å²) in [7, 11) is 2.03. The van der Waals surface area contributed by atoms with E-state index in [4.69, 9.17) is 9.84 Å². The summed E-state index contributed by atoms with van der Waals surface area (Å²) in [5, 5.41) is 9.85. The molecule has 8 nitrogen and oxygen atoms in total. The molecule has 8 heteroatoms. The van der Waals surface area contributed by atoms with E-state index in [1.165, 1.54) is 4.57 Å². The lowest BCUT2D eigenvalue weighted by Gasteiger charge is -2.35. The number of rotatable bonds is 3. The third-order valence-corrected chi connectivity index (χ3v) is 4.50. The highest BCUT2D eigenvalue weighted by Crippen LogP contribution is 2.34. The molecular weight excluding hydrogens is 324 g/mol. The highest BCUT2D eigenvalue weighted by atomic mass is 16.7. The first kappa shape index (κ1) is 17.2. The van der Waals surface area contributed by atoms with Gasteiger partial charge in [0.1, 0.15) is 5.65 Å². The van der Waals surface area contributed by atoms with Gasteiger partial charge in [-0.15, -0.1) is 0 Å². The number of likely N-dealkylation sites (N-methyl/N-ethyl adjacent to an activating group) is 1. The second-order valence-corrected chi connectivity index (χ2v) is 6.21. The number of anilines is 1. The van der Waals surface area contributed by atoms with Crippen LogP contribution in [0.1, 0.15) is 12.6 Å². The van der Waals surface area contributed by atoms with Gasteiger partial charge in [0.15, 0.2) is 0 Å². The lowest BCUT2D eigenvalue weighted by Crippen LogP contribution is -2.45. The fourth-order valence-electron chi connectivity index (χ4n) is 3.19. The molecule has 1 aliphatic rings. The van der Waals surface area contributed by atoms with Crippen molar-refractivity contribution in [1.82, 2.24) is 14.5 Å². The predicted octanol–water partition coefficient (Wildman–Crippen LogP) is 1.53. The van der Waals surface area contributed by atoms with Crippen LogP contribution in [0.3, 0.4) is 0 Å². The maximum atomic E-state index is 12.9. The first-order valence-corrected chi connectivity index (χ1v) is 8.30. The van der Waals surface area contributed by atoms with Gasteiger partial charge >= 0.3 is 6.16 Å². The van der Waals surface area contributed by atoms with Crippen LogP contribution < -0.4 is 15.2 Å². The highest BCUT2D eigenvalue weighted by Gasteiger charge is 2.26. The van der Waals surface area contributed by atoms with Crippen LogP contribution in [0, 0.1) is 6.92 Å². The molecule has 1 N–H and O–H groups in total. The molecule has 134 valence electrons. The lowest BCUT2D eigenvalue weighted by molar-refractivity contribution is 0.143. The highest BCUT2D eigenvalue weighted by molar-refractivity contribution is 5.94. The van der Waals surface area contributed by atoms with Crippen LogP contribution in [0.25, 0.3) is 11.0 Å². The number of fused-ring (bicyclic) bond motifs is 1. The van der Waals surface area contributed by atoms with Crippen LogP contribution in [0.5, 0.6) is 5.75 Å². The Kier molecular flexibility index (Phi) is 4.63. The van der Waals surface area contributed by atoms with Gasteiger partial charge in [-0.05, 0) is 33.0 Å². The van der Waals surface area contributed by atoms with Gasteiger partial charge in [0.2, 0.25) is 5.75 Å². The molecule has 0 amide bonds. The summed E-state index contributed by atoms with van der Waals surface area (Å²) in [6, 6.07) is 3.74. The van der Waals surface area contributed by atoms with Crippen molar-refractivity contribution in [3.63, 3.8) is 0 Å². The quantitative estimate of drug-likeness (QED) is 0.843. The molecule has 0 aliphatic carbocycles. The molecule has 0 atom stereocenters. The van der Waals surface area contributed by atoms with E-state index in [9.17, 15) is 9.59 Å². The molecule has 0 aromatic carbocycles. The largest absolute Gasteiger partial charge is 0.511 e. The SMILES string of the molecule is CCn1c(=O)c(OC(=O)O)c(N2CCN(C)CC2)c2ccc(C)nc21. The predicted molar refractivity (Wildman–Crippen MR) is 94.8 cm³/mol. The van der Waals surface area contributed by atoms with E-state index < -0.39 is 11.7 Å². The molecule has 1 saturated heterocycles. The summed E-state index contributed by atoms with van der Waals surface area (Å²) in [6.07, 6.45) is -1.49. The summed E-state index contributed by atoms with van der Waals surface area (Å²) in [5.41, 5.74) is 1.40. The van der Waals surface area contributed by atoms with E-state index in [-0.39, 0.29) is 5.75 Å². The molecule has 1 fully saturated rings. The molecule has 3 rings (SSSR count). The number of carboxylic acid groups (broad SMARTS) is 1. The smallest absolute Gasteiger partial charge is 0.449 e. The first-order chi connectivity index (χ1) is 11.9. The van der Waals surface area contributed by atoms with Gasteiger partial charge in [0.25, 0.3) is 5.56 Å². The molecule has 0 saturated carbocycles. The van der Waals surface area contributed by atoms with E-state index in [0.717, 1.165) is 24.2 Å². The molecule has 1 aliphatic heterocycles. The summed E-state index contributed by atoms with van der Waals surface area (Å²) in [5.74, 6) is -0.142. The number of ether oxygens (including phenoxy) is 1. The van der Waals surface area contributed by atoms with E-state index in [0.29, 0.717) is 31.0 Å². The van der Waals surface area contributed by atoms with Crippen LogP contribution >= 0.6 is 0 Å². The second-order valence-electron chi connectivity index (χ2n) is 6.21. The Hall–Kier alpha value is -2.61. The zero-order chi connectivity index (χ0) is 18.1. The standard InChI is InChI=1S/C17H22N4O4/c1-4-21-15-12(6-5-11(2)18-15)13(14(16(21)22)25-17(23)24)20-9-7-19(3)8-10-20/h5-6H,4,7-10H2,1-3H3,(H,23,24). The van der Waals surface area contributed by atoms with E-state index >= 15 is 0 Å². The number of hydrogen-bond donors (Lipinski definition) is 1. The van der Waals surface area contributed by atoms with Gasteiger partial charge in [-0.3, -0.25) is 9.36 Å². The monoisotopic (exact) mass is 346 g/mol. The van der Waals surface area contributed by atoms with Gasteiger partial charge in [-0.25, -0.2) is 9.78 Å². The number of hydrogen-bond acceptors (Lipinski definition) is 6. The van der Waals surface area contributed by atoms with Crippen molar-refractivity contribution in [2.75, 3.05) is 38.1 Å². The Balaban J connectivity index is 2.31. The maximum Gasteiger partial charge on any atom is 0.511 e. The van der Waals surface area contributed by atoms with Crippen LogP contribution in [0.15, 0.2) is 16.9 Å². The summed E-state index contributed by atoms with van der Waals surface area (Å²) < 4.78 is 6.40. The van der Waals surface area contributed by atoms with Gasteiger partial charge in [-0.1, -0.05) is 0 Å². The molecular formula is C17H22N4O4. The molecule has 0 bridgehead atoms. The number of carbonyl (C=O) groups is 1. The van der Waals surface area contributed by atoms with Crippen molar-refractivity contribution in [1.29, 1.82) is 0 Å². The number of aromatic nitrogens is 2. The minimum absolute atomic E-state index is 0.142. The Labute approximate surface area is 145 Å². The summed E-state index contributed by atoms with van der Waals surface area (Å²) in [6.45, 7) is 7.08. The molecule has 0 radical (unpaired) electrons. The Morgan fingerprint density at radius 2 is 1.96 bits per heavy atom. The third-order valence-electron chi connectivity index (χ3n) is 4.50. The normalized spacial score (nSPS) is 15.6. The van der Waals surface area contributed by atoms with Gasteiger partial charge in [-0.2, -0.15) is 0 Å². The van der Waals surface area contributed by atoms with E-state index in [1.54, 1.807) is 0 Å². The van der Waals surface area contributed by atoms with Crippen LogP contribution in [-0.4, -0.2) is 58.9 Å². The van der Waals surface area contributed by atoms with Crippen molar-refractivity contribution in [2.24, 2.45) is 0 Å². The average Bonchev–Trinajstić information content (AvgIpc) is 2.57. The van der Waals surface area contributed by atoms with E-state index in [1.807, 2.05) is 37.9 Å². The molecule has 0 spiro atoms. The average molecular weight is 346 g/mol. The molecule has 2 aromatic rings. The fourth-order valence-corrected chi connectivity index (χ4v) is 3.19. The van der Waals surface area contributed by atoms with Crippen molar-refractivity contribution in [2.45, 2.75) is 20.4 Å². The summed E-state index contributed by atoms with van der Waals surface area (Å²) in [4.78, 5) is 32.8. The molecule has 25 heavy (non-hydrogen) atoms. The molecule has 0 unspecified atom stereocenters. The first-order valence-electron chi connectivity index (χ1n) is 8.30. The Morgan fingerprint density at radius 1 is 1.28 bits per heavy atom. The van der Waals surface area contributed by atoms with Crippen LogP contribution in [0.4, 0.5) is 10.5 Å².